The first-order chi connectivity index (χ1) is 13.0. The van der Waals surface area contributed by atoms with Gasteiger partial charge in [-0.2, -0.15) is 0 Å². The number of benzene rings is 1. The predicted octanol–water partition coefficient (Wildman–Crippen LogP) is 2.19. The number of anilines is 1. The highest BCUT2D eigenvalue weighted by atomic mass is 32.1. The van der Waals surface area contributed by atoms with Crippen molar-refractivity contribution >= 4 is 29.0 Å². The highest BCUT2D eigenvalue weighted by Crippen LogP contribution is 2.21. The Morgan fingerprint density at radius 3 is 2.44 bits per heavy atom. The summed E-state index contributed by atoms with van der Waals surface area (Å²) in [5.74, 6) is 0.357. The minimum absolute atomic E-state index is 0.0194. The van der Waals surface area contributed by atoms with E-state index in [1.54, 1.807) is 0 Å². The Kier molecular flexibility index (Phi) is 6.05. The molecular formula is C19H25N5O2S. The van der Waals surface area contributed by atoms with Crippen LogP contribution in [0.4, 0.5) is 5.69 Å². The molecule has 1 aromatic heterocycles. The zero-order valence-corrected chi connectivity index (χ0v) is 16.8. The highest BCUT2D eigenvalue weighted by Gasteiger charge is 2.26. The van der Waals surface area contributed by atoms with Gasteiger partial charge in [-0.05, 0) is 61.5 Å². The molecule has 1 aliphatic heterocycles. The van der Waals surface area contributed by atoms with Crippen molar-refractivity contribution in [3.8, 4) is 0 Å². The Labute approximate surface area is 163 Å². The van der Waals surface area contributed by atoms with Gasteiger partial charge in [0.1, 0.15) is 4.88 Å². The second-order valence-corrected chi connectivity index (χ2v) is 7.83. The summed E-state index contributed by atoms with van der Waals surface area (Å²) < 4.78 is 3.84. The van der Waals surface area contributed by atoms with E-state index in [4.69, 9.17) is 0 Å². The number of hydrogen-bond donors (Lipinski definition) is 1. The molecule has 1 fully saturated rings. The van der Waals surface area contributed by atoms with Crippen molar-refractivity contribution in [3.05, 3.63) is 40.4 Å². The zero-order valence-electron chi connectivity index (χ0n) is 15.9. The second-order valence-electron chi connectivity index (χ2n) is 7.07. The molecule has 0 radical (unpaired) electrons. The van der Waals surface area contributed by atoms with Crippen LogP contribution in [0.15, 0.2) is 24.3 Å². The van der Waals surface area contributed by atoms with Gasteiger partial charge in [0.25, 0.3) is 11.8 Å². The average molecular weight is 388 g/mol. The van der Waals surface area contributed by atoms with Gasteiger partial charge in [-0.15, -0.1) is 5.10 Å². The van der Waals surface area contributed by atoms with Crippen LogP contribution in [0.3, 0.4) is 0 Å². The first kappa shape index (κ1) is 19.3. The summed E-state index contributed by atoms with van der Waals surface area (Å²) in [5, 5.41) is 6.94. The molecule has 1 saturated heterocycles. The molecule has 0 bridgehead atoms. The number of likely N-dealkylation sites (tertiary alicyclic amines) is 1. The lowest BCUT2D eigenvalue weighted by Crippen LogP contribution is -2.41. The molecule has 3 rings (SSSR count). The van der Waals surface area contributed by atoms with Crippen LogP contribution in [-0.4, -0.2) is 60.0 Å². The molecule has 0 unspecified atom stereocenters. The van der Waals surface area contributed by atoms with E-state index in [9.17, 15) is 9.59 Å². The van der Waals surface area contributed by atoms with Crippen LogP contribution in [0, 0.1) is 12.8 Å². The van der Waals surface area contributed by atoms with Crippen molar-refractivity contribution in [3.63, 3.8) is 0 Å². The predicted molar refractivity (Wildman–Crippen MR) is 106 cm³/mol. The first-order valence-corrected chi connectivity index (χ1v) is 9.87. The summed E-state index contributed by atoms with van der Waals surface area (Å²) in [7, 11) is 3.94. The molecule has 1 N–H and O–H groups in total. The Balaban J connectivity index is 1.46. The van der Waals surface area contributed by atoms with Crippen molar-refractivity contribution in [2.45, 2.75) is 19.8 Å². The smallest absolute Gasteiger partial charge is 0.267 e. The average Bonchev–Trinajstić information content (AvgIpc) is 3.12. The summed E-state index contributed by atoms with van der Waals surface area (Å²) >= 11 is 1.15. The van der Waals surface area contributed by atoms with Crippen molar-refractivity contribution in [1.82, 2.24) is 19.8 Å². The Bertz CT molecular complexity index is 795. The molecule has 144 valence electrons. The van der Waals surface area contributed by atoms with Gasteiger partial charge in [0.15, 0.2) is 0 Å². The summed E-state index contributed by atoms with van der Waals surface area (Å²) in [4.78, 5) is 29.3. The third kappa shape index (κ3) is 4.63. The van der Waals surface area contributed by atoms with E-state index in [1.807, 2.05) is 55.1 Å². The molecule has 0 atom stereocenters. The summed E-state index contributed by atoms with van der Waals surface area (Å²) in [6.45, 7) is 3.85. The van der Waals surface area contributed by atoms with Crippen LogP contribution in [0.2, 0.25) is 0 Å². The monoisotopic (exact) mass is 387 g/mol. The fourth-order valence-electron chi connectivity index (χ4n) is 3.16. The highest BCUT2D eigenvalue weighted by molar-refractivity contribution is 7.07. The van der Waals surface area contributed by atoms with Crippen LogP contribution in [-0.2, 0) is 0 Å². The lowest BCUT2D eigenvalue weighted by Gasteiger charge is -2.31. The van der Waals surface area contributed by atoms with Crippen molar-refractivity contribution in [1.29, 1.82) is 0 Å². The molecule has 7 nitrogen and oxygen atoms in total. The number of nitrogens with zero attached hydrogens (tertiary/aromatic N) is 4. The van der Waals surface area contributed by atoms with Crippen LogP contribution >= 0.6 is 11.5 Å². The van der Waals surface area contributed by atoms with Gasteiger partial charge in [0.05, 0.1) is 5.69 Å². The fraction of sp³-hybridized carbons (Fsp3) is 0.474. The van der Waals surface area contributed by atoms with Gasteiger partial charge in [-0.1, -0.05) is 4.49 Å². The van der Waals surface area contributed by atoms with E-state index >= 15 is 0 Å². The SMILES string of the molecule is Cc1nnsc1C(=O)N1CCC(CNC(=O)c2ccc(N(C)C)cc2)CC1. The quantitative estimate of drug-likeness (QED) is 0.851. The van der Waals surface area contributed by atoms with Crippen LogP contribution in [0.5, 0.6) is 0 Å². The lowest BCUT2D eigenvalue weighted by atomic mass is 9.96. The maximum atomic E-state index is 12.5. The fourth-order valence-corrected chi connectivity index (χ4v) is 3.79. The number of aryl methyl sites for hydroxylation is 1. The van der Waals surface area contributed by atoms with Crippen molar-refractivity contribution in [2.24, 2.45) is 5.92 Å². The number of carbonyl (C=O) groups excluding carboxylic acids is 2. The summed E-state index contributed by atoms with van der Waals surface area (Å²) in [6, 6.07) is 7.57. The van der Waals surface area contributed by atoms with Gasteiger partial charge in [-0.25, -0.2) is 0 Å². The van der Waals surface area contributed by atoms with Gasteiger partial charge in [0, 0.05) is 45.0 Å². The number of nitrogens with one attached hydrogen (secondary N) is 1. The minimum atomic E-state index is -0.0508. The van der Waals surface area contributed by atoms with Gasteiger partial charge >= 0.3 is 0 Å². The molecule has 27 heavy (non-hydrogen) atoms. The number of aromatic nitrogens is 2. The Hall–Kier alpha value is -2.48. The first-order valence-electron chi connectivity index (χ1n) is 9.09. The second kappa shape index (κ2) is 8.47. The summed E-state index contributed by atoms with van der Waals surface area (Å²) in [5.41, 5.74) is 2.43. The van der Waals surface area contributed by atoms with E-state index in [-0.39, 0.29) is 11.8 Å². The molecule has 0 aliphatic carbocycles. The van der Waals surface area contributed by atoms with E-state index in [1.165, 1.54) is 0 Å². The zero-order chi connectivity index (χ0) is 19.4. The Morgan fingerprint density at radius 1 is 1.22 bits per heavy atom. The maximum absolute atomic E-state index is 12.5. The minimum Gasteiger partial charge on any atom is -0.378 e. The largest absolute Gasteiger partial charge is 0.378 e. The molecule has 2 amide bonds. The van der Waals surface area contributed by atoms with Crippen LogP contribution in [0.25, 0.3) is 0 Å². The molecule has 1 aromatic carbocycles. The third-order valence-electron chi connectivity index (χ3n) is 4.94. The Morgan fingerprint density at radius 2 is 1.89 bits per heavy atom. The van der Waals surface area contributed by atoms with E-state index < -0.39 is 0 Å². The normalized spacial score (nSPS) is 14.9. The topological polar surface area (TPSA) is 78.4 Å². The molecule has 0 spiro atoms. The van der Waals surface area contributed by atoms with Crippen LogP contribution < -0.4 is 10.2 Å². The molecule has 2 aromatic rings. The van der Waals surface area contributed by atoms with Gasteiger partial charge < -0.3 is 15.1 Å². The molecule has 1 aliphatic rings. The number of amides is 2. The van der Waals surface area contributed by atoms with Gasteiger partial charge in [0.2, 0.25) is 0 Å². The summed E-state index contributed by atoms with van der Waals surface area (Å²) in [6.07, 6.45) is 1.77. The molecule has 2 heterocycles. The number of carbonyl (C=O) groups is 2. The van der Waals surface area contributed by atoms with E-state index in [2.05, 4.69) is 14.9 Å². The number of hydrogen-bond acceptors (Lipinski definition) is 6. The van der Waals surface area contributed by atoms with Crippen molar-refractivity contribution < 1.29 is 9.59 Å². The lowest BCUT2D eigenvalue weighted by molar-refractivity contribution is 0.0688. The molecule has 8 heteroatoms. The van der Waals surface area contributed by atoms with E-state index in [0.717, 1.165) is 30.1 Å². The molecule has 0 saturated carbocycles. The standard InChI is InChI=1S/C19H25N5O2S/c1-13-17(27-22-21-13)19(26)24-10-8-14(9-11-24)12-20-18(25)15-4-6-16(7-5-15)23(2)3/h4-7,14H,8-12H2,1-3H3,(H,20,25). The number of rotatable bonds is 5. The van der Waals surface area contributed by atoms with Crippen molar-refractivity contribution in [2.75, 3.05) is 38.6 Å². The van der Waals surface area contributed by atoms with Crippen LogP contribution in [0.1, 0.15) is 38.6 Å². The number of piperidine rings is 1. The maximum Gasteiger partial charge on any atom is 0.267 e. The third-order valence-corrected chi connectivity index (χ3v) is 5.76. The van der Waals surface area contributed by atoms with E-state index in [0.29, 0.717) is 41.7 Å². The van der Waals surface area contributed by atoms with Gasteiger partial charge in [-0.3, -0.25) is 9.59 Å². The molecular weight excluding hydrogens is 362 g/mol.